The number of hydrogen-bond acceptors (Lipinski definition) is 2. The SMILES string of the molecule is CC(=O)NCCCc1ccc(C(C)(C)C)nc1. The molecule has 0 unspecified atom stereocenters. The van der Waals surface area contributed by atoms with E-state index in [1.165, 1.54) is 5.56 Å². The number of aromatic nitrogens is 1. The molecule has 0 bridgehead atoms. The highest BCUT2D eigenvalue weighted by molar-refractivity contribution is 5.72. The Morgan fingerprint density at radius 3 is 2.53 bits per heavy atom. The lowest BCUT2D eigenvalue weighted by Gasteiger charge is -2.17. The minimum absolute atomic E-state index is 0.0335. The van der Waals surface area contributed by atoms with Crippen LogP contribution in [-0.4, -0.2) is 17.4 Å². The van der Waals surface area contributed by atoms with Crippen molar-refractivity contribution in [3.05, 3.63) is 29.6 Å². The number of carbonyl (C=O) groups excluding carboxylic acids is 1. The van der Waals surface area contributed by atoms with E-state index in [4.69, 9.17) is 0 Å². The Morgan fingerprint density at radius 2 is 2.06 bits per heavy atom. The van der Waals surface area contributed by atoms with Crippen molar-refractivity contribution < 1.29 is 4.79 Å². The predicted molar refractivity (Wildman–Crippen MR) is 69.9 cm³/mol. The number of rotatable bonds is 4. The van der Waals surface area contributed by atoms with Gasteiger partial charge >= 0.3 is 0 Å². The van der Waals surface area contributed by atoms with Gasteiger partial charge in [-0.25, -0.2) is 0 Å². The van der Waals surface area contributed by atoms with Crippen LogP contribution in [0.3, 0.4) is 0 Å². The summed E-state index contributed by atoms with van der Waals surface area (Å²) in [6.45, 7) is 8.75. The van der Waals surface area contributed by atoms with Crippen molar-refractivity contribution >= 4 is 5.91 Å². The van der Waals surface area contributed by atoms with Gasteiger partial charge in [-0.2, -0.15) is 0 Å². The van der Waals surface area contributed by atoms with E-state index in [2.05, 4.69) is 43.2 Å². The molecule has 0 aliphatic carbocycles. The number of carbonyl (C=O) groups is 1. The van der Waals surface area contributed by atoms with Gasteiger partial charge < -0.3 is 5.32 Å². The van der Waals surface area contributed by atoms with E-state index in [1.807, 2.05) is 6.20 Å². The third-order valence-corrected chi connectivity index (χ3v) is 2.61. The summed E-state index contributed by atoms with van der Waals surface area (Å²) < 4.78 is 0. The maximum atomic E-state index is 10.7. The normalized spacial score (nSPS) is 11.3. The van der Waals surface area contributed by atoms with Gasteiger partial charge in [-0.1, -0.05) is 26.8 Å². The average molecular weight is 234 g/mol. The summed E-state index contributed by atoms with van der Waals surface area (Å²) in [7, 11) is 0. The van der Waals surface area contributed by atoms with Crippen LogP contribution in [0.25, 0.3) is 0 Å². The maximum absolute atomic E-state index is 10.7. The van der Waals surface area contributed by atoms with Gasteiger partial charge in [-0.3, -0.25) is 9.78 Å². The molecule has 0 radical (unpaired) electrons. The van der Waals surface area contributed by atoms with Gasteiger partial charge in [-0.05, 0) is 24.5 Å². The highest BCUT2D eigenvalue weighted by Crippen LogP contribution is 2.19. The van der Waals surface area contributed by atoms with Gasteiger partial charge in [0.05, 0.1) is 0 Å². The first-order valence-corrected chi connectivity index (χ1v) is 6.09. The van der Waals surface area contributed by atoms with Crippen molar-refractivity contribution in [1.29, 1.82) is 0 Å². The molecule has 17 heavy (non-hydrogen) atoms. The van der Waals surface area contributed by atoms with E-state index >= 15 is 0 Å². The Kier molecular flexibility index (Phi) is 4.67. The third-order valence-electron chi connectivity index (χ3n) is 2.61. The molecular weight excluding hydrogens is 212 g/mol. The van der Waals surface area contributed by atoms with Gasteiger partial charge in [0, 0.05) is 30.8 Å². The summed E-state index contributed by atoms with van der Waals surface area (Å²) in [5.74, 6) is 0.0335. The molecule has 1 heterocycles. The van der Waals surface area contributed by atoms with Gasteiger partial charge in [0.1, 0.15) is 0 Å². The zero-order chi connectivity index (χ0) is 12.9. The molecule has 1 N–H and O–H groups in total. The second-order valence-electron chi connectivity index (χ2n) is 5.39. The Morgan fingerprint density at radius 1 is 1.35 bits per heavy atom. The predicted octanol–water partition coefficient (Wildman–Crippen LogP) is 2.45. The molecule has 94 valence electrons. The number of aryl methyl sites for hydroxylation is 1. The van der Waals surface area contributed by atoms with Crippen molar-refractivity contribution in [1.82, 2.24) is 10.3 Å². The average Bonchev–Trinajstić information content (AvgIpc) is 2.23. The molecule has 1 aromatic heterocycles. The largest absolute Gasteiger partial charge is 0.356 e. The van der Waals surface area contributed by atoms with Crippen molar-refractivity contribution in [2.75, 3.05) is 6.54 Å². The smallest absolute Gasteiger partial charge is 0.216 e. The molecular formula is C14H22N2O. The highest BCUT2D eigenvalue weighted by Gasteiger charge is 2.14. The molecule has 3 nitrogen and oxygen atoms in total. The van der Waals surface area contributed by atoms with Crippen molar-refractivity contribution in [3.8, 4) is 0 Å². The lowest BCUT2D eigenvalue weighted by molar-refractivity contribution is -0.118. The van der Waals surface area contributed by atoms with E-state index < -0.39 is 0 Å². The number of hydrogen-bond donors (Lipinski definition) is 1. The second-order valence-corrected chi connectivity index (χ2v) is 5.39. The first-order valence-electron chi connectivity index (χ1n) is 6.09. The minimum atomic E-state index is 0.0335. The summed E-state index contributed by atoms with van der Waals surface area (Å²) in [6.07, 6.45) is 3.85. The summed E-state index contributed by atoms with van der Waals surface area (Å²) in [5.41, 5.74) is 2.45. The third kappa shape index (κ3) is 4.98. The molecule has 3 heteroatoms. The Labute approximate surface area is 104 Å². The Balaban J connectivity index is 2.43. The highest BCUT2D eigenvalue weighted by atomic mass is 16.1. The molecule has 1 amide bonds. The van der Waals surface area contributed by atoms with E-state index in [9.17, 15) is 4.79 Å². The molecule has 0 aliphatic rings. The molecule has 0 atom stereocenters. The van der Waals surface area contributed by atoms with Crippen LogP contribution in [0.15, 0.2) is 18.3 Å². The number of pyridine rings is 1. The van der Waals surface area contributed by atoms with Gasteiger partial charge in [0.25, 0.3) is 0 Å². The van der Waals surface area contributed by atoms with Gasteiger partial charge in [0.15, 0.2) is 0 Å². The van der Waals surface area contributed by atoms with Crippen LogP contribution < -0.4 is 5.32 Å². The molecule has 0 saturated carbocycles. The summed E-state index contributed by atoms with van der Waals surface area (Å²) in [5, 5.41) is 2.79. The van der Waals surface area contributed by atoms with Crippen LogP contribution >= 0.6 is 0 Å². The minimum Gasteiger partial charge on any atom is -0.356 e. The standard InChI is InChI=1S/C14H22N2O/c1-11(17)15-9-5-6-12-7-8-13(16-10-12)14(2,3)4/h7-8,10H,5-6,9H2,1-4H3,(H,15,17). The van der Waals surface area contributed by atoms with Crippen molar-refractivity contribution in [2.45, 2.75) is 46.0 Å². The number of amides is 1. The van der Waals surface area contributed by atoms with Crippen LogP contribution in [0.5, 0.6) is 0 Å². The first-order chi connectivity index (χ1) is 7.89. The lowest BCUT2D eigenvalue weighted by Crippen LogP contribution is -2.21. The first kappa shape index (κ1) is 13.7. The quantitative estimate of drug-likeness (QED) is 0.813. The maximum Gasteiger partial charge on any atom is 0.216 e. The number of nitrogens with zero attached hydrogens (tertiary/aromatic N) is 1. The molecule has 0 aromatic carbocycles. The number of nitrogens with one attached hydrogen (secondary N) is 1. The molecule has 0 saturated heterocycles. The van der Waals surface area contributed by atoms with Crippen LogP contribution in [0.1, 0.15) is 45.4 Å². The lowest BCUT2D eigenvalue weighted by atomic mass is 9.91. The van der Waals surface area contributed by atoms with Crippen LogP contribution in [-0.2, 0) is 16.6 Å². The van der Waals surface area contributed by atoms with Crippen molar-refractivity contribution in [2.24, 2.45) is 0 Å². The molecule has 1 aromatic rings. The van der Waals surface area contributed by atoms with E-state index in [0.717, 1.165) is 25.1 Å². The topological polar surface area (TPSA) is 42.0 Å². The fourth-order valence-corrected chi connectivity index (χ4v) is 1.57. The Hall–Kier alpha value is -1.38. The van der Waals surface area contributed by atoms with Crippen LogP contribution in [0, 0.1) is 0 Å². The zero-order valence-corrected chi connectivity index (χ0v) is 11.2. The Bertz CT molecular complexity index is 363. The zero-order valence-electron chi connectivity index (χ0n) is 11.2. The van der Waals surface area contributed by atoms with E-state index in [-0.39, 0.29) is 11.3 Å². The molecule has 0 fully saturated rings. The molecule has 1 rings (SSSR count). The monoisotopic (exact) mass is 234 g/mol. The fraction of sp³-hybridized carbons (Fsp3) is 0.571. The summed E-state index contributed by atoms with van der Waals surface area (Å²) in [4.78, 5) is 15.2. The second kappa shape index (κ2) is 5.80. The van der Waals surface area contributed by atoms with Crippen LogP contribution in [0.4, 0.5) is 0 Å². The fourth-order valence-electron chi connectivity index (χ4n) is 1.57. The van der Waals surface area contributed by atoms with Crippen LogP contribution in [0.2, 0.25) is 0 Å². The van der Waals surface area contributed by atoms with E-state index in [1.54, 1.807) is 6.92 Å². The van der Waals surface area contributed by atoms with Crippen molar-refractivity contribution in [3.63, 3.8) is 0 Å². The van der Waals surface area contributed by atoms with Gasteiger partial charge in [-0.15, -0.1) is 0 Å². The van der Waals surface area contributed by atoms with Gasteiger partial charge in [0.2, 0.25) is 5.91 Å². The molecule has 0 aliphatic heterocycles. The van der Waals surface area contributed by atoms with E-state index in [0.29, 0.717) is 0 Å². The summed E-state index contributed by atoms with van der Waals surface area (Å²) >= 11 is 0. The molecule has 0 spiro atoms. The summed E-state index contributed by atoms with van der Waals surface area (Å²) in [6, 6.07) is 4.22.